The van der Waals surface area contributed by atoms with E-state index in [-0.39, 0.29) is 11.7 Å². The molecule has 0 aliphatic rings. The van der Waals surface area contributed by atoms with Crippen molar-refractivity contribution in [3.05, 3.63) is 50.4 Å². The zero-order valence-corrected chi connectivity index (χ0v) is 20.3. The first-order valence-electron chi connectivity index (χ1n) is 8.57. The van der Waals surface area contributed by atoms with Crippen LogP contribution in [0, 0.1) is 0 Å². The number of aromatic nitrogens is 3. The summed E-state index contributed by atoms with van der Waals surface area (Å²) >= 11 is 14.3. The van der Waals surface area contributed by atoms with Crippen LogP contribution in [-0.2, 0) is 11.3 Å². The topological polar surface area (TPSA) is 69.0 Å². The van der Waals surface area contributed by atoms with Gasteiger partial charge in [-0.25, -0.2) is 0 Å². The predicted octanol–water partition coefficient (Wildman–Crippen LogP) is 5.88. The highest BCUT2D eigenvalue weighted by molar-refractivity contribution is 9.11. The molecule has 3 aromatic rings. The number of hydrogen-bond donors (Lipinski definition) is 1. The van der Waals surface area contributed by atoms with Crippen molar-refractivity contribution in [2.75, 3.05) is 18.2 Å². The Hall–Kier alpha value is -1.55. The number of carbonyl (C=O) groups excluding carboxylic acids is 1. The Bertz CT molecular complexity index is 1050. The molecule has 1 heterocycles. The maximum Gasteiger partial charge on any atom is 0.234 e. The van der Waals surface area contributed by atoms with Gasteiger partial charge in [0.2, 0.25) is 5.91 Å². The Morgan fingerprint density at radius 1 is 1.24 bits per heavy atom. The Labute approximate surface area is 194 Å². The van der Waals surface area contributed by atoms with Crippen molar-refractivity contribution in [3.63, 3.8) is 0 Å². The first kappa shape index (κ1) is 22.1. The molecular weight excluding hydrogens is 544 g/mol. The Kier molecular flexibility index (Phi) is 7.61. The zero-order valence-electron chi connectivity index (χ0n) is 15.6. The van der Waals surface area contributed by atoms with Gasteiger partial charge in [-0.05, 0) is 59.3 Å². The van der Waals surface area contributed by atoms with Gasteiger partial charge in [-0.15, -0.1) is 10.2 Å². The van der Waals surface area contributed by atoms with Crippen LogP contribution in [0.25, 0.3) is 11.4 Å². The van der Waals surface area contributed by atoms with E-state index in [9.17, 15) is 4.79 Å². The van der Waals surface area contributed by atoms with Gasteiger partial charge >= 0.3 is 0 Å². The molecule has 0 spiro atoms. The van der Waals surface area contributed by atoms with Crippen LogP contribution in [0.3, 0.4) is 0 Å². The Balaban J connectivity index is 1.77. The van der Waals surface area contributed by atoms with Crippen molar-refractivity contribution >= 4 is 66.8 Å². The first-order valence-corrected chi connectivity index (χ1v) is 11.5. The van der Waals surface area contributed by atoms with Gasteiger partial charge in [0.25, 0.3) is 0 Å². The molecule has 1 amide bonds. The highest BCUT2D eigenvalue weighted by Crippen LogP contribution is 2.33. The van der Waals surface area contributed by atoms with E-state index in [0.29, 0.717) is 34.0 Å². The third-order valence-corrected chi connectivity index (χ3v) is 6.36. The molecule has 1 aromatic heterocycles. The molecule has 1 N–H and O–H groups in total. The minimum atomic E-state index is -0.138. The fraction of sp³-hybridized carbons (Fsp3) is 0.211. The smallest absolute Gasteiger partial charge is 0.234 e. The molecule has 0 radical (unpaired) electrons. The summed E-state index contributed by atoms with van der Waals surface area (Å²) in [6, 6.07) is 10.9. The van der Waals surface area contributed by atoms with E-state index >= 15 is 0 Å². The van der Waals surface area contributed by atoms with Gasteiger partial charge in [0.05, 0.1) is 24.1 Å². The number of halogens is 3. The summed E-state index contributed by atoms with van der Waals surface area (Å²) in [5.74, 6) is 1.36. The minimum absolute atomic E-state index is 0.138. The van der Waals surface area contributed by atoms with Crippen LogP contribution < -0.4 is 10.1 Å². The SMILES string of the molecule is CCn1c(SCC(=O)Nc2cc(Br)ccc2Br)nnc1-c1cc(Cl)ccc1OC. The van der Waals surface area contributed by atoms with Crippen LogP contribution >= 0.6 is 55.2 Å². The molecule has 0 saturated carbocycles. The fourth-order valence-electron chi connectivity index (χ4n) is 2.64. The second-order valence-electron chi connectivity index (χ2n) is 5.86. The third kappa shape index (κ3) is 5.33. The molecule has 3 rings (SSSR count). The molecule has 0 aliphatic carbocycles. The van der Waals surface area contributed by atoms with Crippen molar-refractivity contribution in [2.24, 2.45) is 0 Å². The number of amides is 1. The Morgan fingerprint density at radius 2 is 2.03 bits per heavy atom. The van der Waals surface area contributed by atoms with Crippen LogP contribution in [0.5, 0.6) is 5.75 Å². The van der Waals surface area contributed by atoms with Gasteiger partial charge in [0, 0.05) is 20.5 Å². The average Bonchev–Trinajstić information content (AvgIpc) is 3.12. The van der Waals surface area contributed by atoms with Crippen LogP contribution in [0.4, 0.5) is 5.69 Å². The van der Waals surface area contributed by atoms with Crippen LogP contribution in [0.1, 0.15) is 6.92 Å². The third-order valence-electron chi connectivity index (χ3n) is 3.97. The van der Waals surface area contributed by atoms with Crippen LogP contribution in [0.15, 0.2) is 50.5 Å². The summed E-state index contributed by atoms with van der Waals surface area (Å²) in [7, 11) is 1.60. The quantitative estimate of drug-likeness (QED) is 0.366. The van der Waals surface area contributed by atoms with E-state index in [1.807, 2.05) is 29.7 Å². The van der Waals surface area contributed by atoms with Crippen LogP contribution in [-0.4, -0.2) is 33.5 Å². The highest BCUT2D eigenvalue weighted by atomic mass is 79.9. The van der Waals surface area contributed by atoms with Crippen molar-refractivity contribution in [3.8, 4) is 17.1 Å². The van der Waals surface area contributed by atoms with Crippen molar-refractivity contribution in [2.45, 2.75) is 18.6 Å². The van der Waals surface area contributed by atoms with Crippen molar-refractivity contribution in [1.82, 2.24) is 14.8 Å². The van der Waals surface area contributed by atoms with E-state index in [1.165, 1.54) is 11.8 Å². The van der Waals surface area contributed by atoms with Gasteiger partial charge in [0.15, 0.2) is 11.0 Å². The minimum Gasteiger partial charge on any atom is -0.496 e. The lowest BCUT2D eigenvalue weighted by atomic mass is 10.2. The molecule has 0 bridgehead atoms. The molecule has 10 heteroatoms. The maximum atomic E-state index is 12.4. The number of rotatable bonds is 7. The van der Waals surface area contributed by atoms with Crippen molar-refractivity contribution in [1.29, 1.82) is 0 Å². The predicted molar refractivity (Wildman–Crippen MR) is 124 cm³/mol. The molecule has 0 aliphatic heterocycles. The Morgan fingerprint density at radius 3 is 2.76 bits per heavy atom. The van der Waals surface area contributed by atoms with Crippen molar-refractivity contribution < 1.29 is 9.53 Å². The lowest BCUT2D eigenvalue weighted by molar-refractivity contribution is -0.113. The molecule has 2 aromatic carbocycles. The molecule has 0 atom stereocenters. The number of benzene rings is 2. The average molecular weight is 561 g/mol. The van der Waals surface area contributed by atoms with E-state index in [2.05, 4.69) is 47.4 Å². The molecule has 0 unspecified atom stereocenters. The number of hydrogen-bond acceptors (Lipinski definition) is 5. The number of carbonyl (C=O) groups is 1. The standard InChI is InChI=1S/C19H17Br2ClN4O2S/c1-3-26-18(13-9-12(22)5-7-16(13)28-2)24-25-19(26)29-10-17(27)23-15-8-11(20)4-6-14(15)21/h4-9H,3,10H2,1-2H3,(H,23,27). The van der Waals surface area contributed by atoms with Gasteiger partial charge in [-0.2, -0.15) is 0 Å². The molecule has 6 nitrogen and oxygen atoms in total. The summed E-state index contributed by atoms with van der Waals surface area (Å²) in [6.07, 6.45) is 0. The summed E-state index contributed by atoms with van der Waals surface area (Å²) < 4.78 is 9.06. The van der Waals surface area contributed by atoms with Crippen LogP contribution in [0.2, 0.25) is 5.02 Å². The maximum absolute atomic E-state index is 12.4. The van der Waals surface area contributed by atoms with E-state index in [1.54, 1.807) is 25.3 Å². The number of anilines is 1. The van der Waals surface area contributed by atoms with E-state index in [0.717, 1.165) is 14.5 Å². The normalized spacial score (nSPS) is 10.8. The van der Waals surface area contributed by atoms with Gasteiger partial charge in [-0.3, -0.25) is 4.79 Å². The largest absolute Gasteiger partial charge is 0.496 e. The lowest BCUT2D eigenvalue weighted by Crippen LogP contribution is -2.15. The molecular formula is C19H17Br2ClN4O2S. The molecule has 152 valence electrons. The first-order chi connectivity index (χ1) is 13.9. The zero-order chi connectivity index (χ0) is 21.0. The molecule has 29 heavy (non-hydrogen) atoms. The van der Waals surface area contributed by atoms with Gasteiger partial charge in [0.1, 0.15) is 5.75 Å². The molecule has 0 saturated heterocycles. The summed E-state index contributed by atoms with van der Waals surface area (Å²) in [6.45, 7) is 2.63. The number of methoxy groups -OCH3 is 1. The number of nitrogens with zero attached hydrogens (tertiary/aromatic N) is 3. The monoisotopic (exact) mass is 558 g/mol. The fourth-order valence-corrected chi connectivity index (χ4v) is 4.33. The number of ether oxygens (including phenoxy) is 1. The highest BCUT2D eigenvalue weighted by Gasteiger charge is 2.18. The summed E-state index contributed by atoms with van der Waals surface area (Å²) in [5, 5.41) is 12.7. The van der Waals surface area contributed by atoms with E-state index < -0.39 is 0 Å². The second-order valence-corrected chi connectivity index (χ2v) is 9.01. The second kappa shape index (κ2) is 9.97. The number of thioether (sulfide) groups is 1. The molecule has 0 fully saturated rings. The lowest BCUT2D eigenvalue weighted by Gasteiger charge is -2.11. The summed E-state index contributed by atoms with van der Waals surface area (Å²) in [5.41, 5.74) is 1.45. The van der Waals surface area contributed by atoms with Gasteiger partial charge < -0.3 is 14.6 Å². The summed E-state index contributed by atoms with van der Waals surface area (Å²) in [4.78, 5) is 12.4. The van der Waals surface area contributed by atoms with E-state index in [4.69, 9.17) is 16.3 Å². The van der Waals surface area contributed by atoms with Gasteiger partial charge in [-0.1, -0.05) is 39.3 Å². The number of nitrogens with one attached hydrogen (secondary N) is 1.